The van der Waals surface area contributed by atoms with Crippen LogP contribution in [0.4, 0.5) is 0 Å². The molecular weight excluding hydrogens is 274 g/mol. The summed E-state index contributed by atoms with van der Waals surface area (Å²) in [6.45, 7) is 0. The maximum absolute atomic E-state index is 12.4. The highest BCUT2D eigenvalue weighted by Gasteiger charge is 2.31. The van der Waals surface area contributed by atoms with E-state index in [1.165, 1.54) is 9.13 Å². The fraction of sp³-hybridized carbons (Fsp3) is 0.286. The highest BCUT2D eigenvalue weighted by atomic mass is 16.2. The van der Waals surface area contributed by atoms with Crippen molar-refractivity contribution in [1.29, 1.82) is 0 Å². The average Bonchev–Trinajstić information content (AvgIpc) is 2.71. The minimum Gasteiger partial charge on any atom is -0.298 e. The minimum absolute atomic E-state index is 0.187. The Morgan fingerprint density at radius 1 is 1.24 bits per heavy atom. The molecule has 1 atom stereocenters. The number of hydrogen-bond donors (Lipinski definition) is 1. The number of carbonyl (C=O) groups is 3. The molecule has 1 aromatic heterocycles. The molecule has 0 bridgehead atoms. The number of aryl methyl sites for hydroxylation is 1. The van der Waals surface area contributed by atoms with E-state index in [1.807, 2.05) is 0 Å². The number of piperidine rings is 1. The fourth-order valence-electron chi connectivity index (χ4n) is 2.69. The van der Waals surface area contributed by atoms with Gasteiger partial charge in [0.1, 0.15) is 12.3 Å². The first-order valence-corrected chi connectivity index (χ1v) is 6.53. The van der Waals surface area contributed by atoms with Crippen LogP contribution in [0.2, 0.25) is 0 Å². The maximum Gasteiger partial charge on any atom is 0.329 e. The highest BCUT2D eigenvalue weighted by molar-refractivity contribution is 6.00. The second-order valence-electron chi connectivity index (χ2n) is 5.04. The van der Waals surface area contributed by atoms with Gasteiger partial charge in [0.15, 0.2) is 0 Å². The molecule has 1 saturated heterocycles. The number of benzene rings is 1. The van der Waals surface area contributed by atoms with Crippen LogP contribution in [0.3, 0.4) is 0 Å². The van der Waals surface area contributed by atoms with Crippen molar-refractivity contribution in [3.05, 3.63) is 34.2 Å². The van der Waals surface area contributed by atoms with Crippen LogP contribution in [0.25, 0.3) is 11.0 Å². The Morgan fingerprint density at radius 2 is 2.00 bits per heavy atom. The number of imide groups is 1. The van der Waals surface area contributed by atoms with Crippen molar-refractivity contribution in [2.75, 3.05) is 0 Å². The van der Waals surface area contributed by atoms with Gasteiger partial charge in [0.05, 0.1) is 11.0 Å². The molecule has 0 spiro atoms. The van der Waals surface area contributed by atoms with E-state index in [1.54, 1.807) is 25.2 Å². The summed E-state index contributed by atoms with van der Waals surface area (Å²) in [7, 11) is 1.60. The van der Waals surface area contributed by atoms with Gasteiger partial charge in [-0.2, -0.15) is 0 Å². The Hall–Kier alpha value is -2.70. The first-order valence-electron chi connectivity index (χ1n) is 6.53. The molecule has 0 radical (unpaired) electrons. The Balaban J connectivity index is 2.24. The number of aromatic nitrogens is 2. The Labute approximate surface area is 119 Å². The summed E-state index contributed by atoms with van der Waals surface area (Å²) in [6, 6.07) is 4.13. The van der Waals surface area contributed by atoms with Gasteiger partial charge in [-0.1, -0.05) is 0 Å². The first-order chi connectivity index (χ1) is 10.0. The van der Waals surface area contributed by atoms with E-state index in [4.69, 9.17) is 0 Å². The quantitative estimate of drug-likeness (QED) is 0.628. The topological polar surface area (TPSA) is 90.2 Å². The van der Waals surface area contributed by atoms with E-state index in [0.717, 1.165) is 0 Å². The van der Waals surface area contributed by atoms with Crippen LogP contribution >= 0.6 is 0 Å². The van der Waals surface area contributed by atoms with Crippen LogP contribution in [0.1, 0.15) is 29.2 Å². The van der Waals surface area contributed by atoms with Gasteiger partial charge in [-0.15, -0.1) is 0 Å². The van der Waals surface area contributed by atoms with E-state index < -0.39 is 11.9 Å². The first kappa shape index (κ1) is 13.3. The smallest absolute Gasteiger partial charge is 0.298 e. The number of hydrogen-bond acceptors (Lipinski definition) is 4. The number of fused-ring (bicyclic) bond motifs is 1. The molecule has 1 aromatic carbocycles. The number of imidazole rings is 1. The van der Waals surface area contributed by atoms with Crippen LogP contribution in [0.5, 0.6) is 0 Å². The molecule has 1 N–H and O–H groups in total. The van der Waals surface area contributed by atoms with E-state index >= 15 is 0 Å². The van der Waals surface area contributed by atoms with Gasteiger partial charge in [0.25, 0.3) is 0 Å². The zero-order valence-electron chi connectivity index (χ0n) is 11.3. The summed E-state index contributed by atoms with van der Waals surface area (Å²) < 4.78 is 2.78. The van der Waals surface area contributed by atoms with Crippen molar-refractivity contribution in [2.45, 2.75) is 18.9 Å². The molecule has 7 heteroatoms. The molecule has 2 aromatic rings. The van der Waals surface area contributed by atoms with Crippen molar-refractivity contribution in [3.8, 4) is 0 Å². The van der Waals surface area contributed by atoms with Gasteiger partial charge >= 0.3 is 5.69 Å². The van der Waals surface area contributed by atoms with Crippen molar-refractivity contribution in [2.24, 2.45) is 7.05 Å². The molecular formula is C14H13N3O4. The number of aldehydes is 1. The van der Waals surface area contributed by atoms with Gasteiger partial charge in [-0.05, 0) is 24.6 Å². The third-order valence-electron chi connectivity index (χ3n) is 3.77. The molecule has 2 heterocycles. The number of carbonyl (C=O) groups excluding carboxylic acids is 3. The second kappa shape index (κ2) is 4.69. The molecule has 7 nitrogen and oxygen atoms in total. The predicted molar refractivity (Wildman–Crippen MR) is 74.0 cm³/mol. The number of rotatable bonds is 2. The summed E-state index contributed by atoms with van der Waals surface area (Å²) in [4.78, 5) is 46.5. The lowest BCUT2D eigenvalue weighted by atomic mass is 10.1. The summed E-state index contributed by atoms with van der Waals surface area (Å²) in [5.74, 6) is -0.824. The summed E-state index contributed by atoms with van der Waals surface area (Å²) in [6.07, 6.45) is 1.15. The van der Waals surface area contributed by atoms with Gasteiger partial charge in [-0.25, -0.2) is 4.79 Å². The Bertz CT molecular complexity index is 831. The highest BCUT2D eigenvalue weighted by Crippen LogP contribution is 2.23. The van der Waals surface area contributed by atoms with Crippen LogP contribution < -0.4 is 11.0 Å². The number of nitrogens with zero attached hydrogens (tertiary/aromatic N) is 2. The molecule has 1 fully saturated rings. The zero-order chi connectivity index (χ0) is 15.1. The lowest BCUT2D eigenvalue weighted by Gasteiger charge is -2.21. The van der Waals surface area contributed by atoms with Crippen molar-refractivity contribution in [1.82, 2.24) is 14.5 Å². The van der Waals surface area contributed by atoms with E-state index in [0.29, 0.717) is 22.9 Å². The summed E-state index contributed by atoms with van der Waals surface area (Å²) in [5, 5.41) is 2.24. The average molecular weight is 287 g/mol. The van der Waals surface area contributed by atoms with Crippen LogP contribution in [-0.2, 0) is 16.6 Å². The number of amides is 2. The van der Waals surface area contributed by atoms with Crippen LogP contribution in [0.15, 0.2) is 23.0 Å². The fourth-order valence-corrected chi connectivity index (χ4v) is 2.69. The second-order valence-corrected chi connectivity index (χ2v) is 5.04. The maximum atomic E-state index is 12.4. The zero-order valence-corrected chi connectivity index (χ0v) is 11.3. The van der Waals surface area contributed by atoms with Gasteiger partial charge in [-0.3, -0.25) is 28.8 Å². The Morgan fingerprint density at radius 3 is 2.67 bits per heavy atom. The minimum atomic E-state index is -0.735. The monoisotopic (exact) mass is 287 g/mol. The van der Waals surface area contributed by atoms with Crippen molar-refractivity contribution in [3.63, 3.8) is 0 Å². The van der Waals surface area contributed by atoms with Gasteiger partial charge in [0.2, 0.25) is 11.8 Å². The summed E-state index contributed by atoms with van der Waals surface area (Å²) >= 11 is 0. The lowest BCUT2D eigenvalue weighted by molar-refractivity contribution is -0.135. The normalized spacial score (nSPS) is 18.8. The largest absolute Gasteiger partial charge is 0.329 e. The van der Waals surface area contributed by atoms with Gasteiger partial charge in [0, 0.05) is 19.0 Å². The standard InChI is InChI=1S/C14H13N3O4/c1-16-9-3-2-8(7-18)6-11(9)17(14(16)21)10-4-5-12(19)15-13(10)20/h2-3,6-7,10H,4-5H2,1H3,(H,15,19,20). The molecule has 1 aliphatic rings. The molecule has 1 aliphatic heterocycles. The molecule has 108 valence electrons. The van der Waals surface area contributed by atoms with Crippen LogP contribution in [-0.4, -0.2) is 27.2 Å². The molecule has 2 amide bonds. The van der Waals surface area contributed by atoms with E-state index in [2.05, 4.69) is 5.32 Å². The van der Waals surface area contributed by atoms with E-state index in [9.17, 15) is 19.2 Å². The molecule has 0 saturated carbocycles. The number of nitrogens with one attached hydrogen (secondary N) is 1. The third-order valence-corrected chi connectivity index (χ3v) is 3.77. The molecule has 0 aliphatic carbocycles. The predicted octanol–water partition coefficient (Wildman–Crippen LogP) is 0.130. The third kappa shape index (κ3) is 1.97. The molecule has 3 rings (SSSR count). The van der Waals surface area contributed by atoms with Crippen LogP contribution in [0, 0.1) is 0 Å². The van der Waals surface area contributed by atoms with Crippen molar-refractivity contribution >= 4 is 29.1 Å². The molecule has 21 heavy (non-hydrogen) atoms. The SMILES string of the molecule is Cn1c(=O)n(C2CCC(=O)NC2=O)c2cc(C=O)ccc21. The van der Waals surface area contributed by atoms with E-state index in [-0.39, 0.29) is 24.4 Å². The lowest BCUT2D eigenvalue weighted by Crippen LogP contribution is -2.44. The molecule has 1 unspecified atom stereocenters. The van der Waals surface area contributed by atoms with Crippen molar-refractivity contribution < 1.29 is 14.4 Å². The summed E-state index contributed by atoms with van der Waals surface area (Å²) in [5.41, 5.74) is 1.23. The van der Waals surface area contributed by atoms with Gasteiger partial charge < -0.3 is 0 Å². The Kier molecular flexibility index (Phi) is 2.97.